The summed E-state index contributed by atoms with van der Waals surface area (Å²) in [4.78, 5) is 45.5. The number of aryl methyl sites for hydroxylation is 1. The summed E-state index contributed by atoms with van der Waals surface area (Å²) in [5, 5.41) is 0.405. The number of pyridine rings is 1. The summed E-state index contributed by atoms with van der Waals surface area (Å²) >= 11 is 1.37. The summed E-state index contributed by atoms with van der Waals surface area (Å²) < 4.78 is 2.49. The summed E-state index contributed by atoms with van der Waals surface area (Å²) in [5.74, 6) is 0.582. The highest BCUT2D eigenvalue weighted by molar-refractivity contribution is 8.00. The molecule has 0 spiro atoms. The molecule has 0 unspecified atom stereocenters. The van der Waals surface area contributed by atoms with Gasteiger partial charge in [-0.05, 0) is 36.0 Å². The lowest BCUT2D eigenvalue weighted by Gasteiger charge is -2.19. The molecule has 0 N–H and O–H groups in total. The van der Waals surface area contributed by atoms with Crippen molar-refractivity contribution in [2.45, 2.75) is 31.6 Å². The monoisotopic (exact) mass is 438 g/mol. The first-order valence-corrected chi connectivity index (χ1v) is 11.4. The maximum absolute atomic E-state index is 13.1. The van der Waals surface area contributed by atoms with E-state index in [0.29, 0.717) is 23.5 Å². The van der Waals surface area contributed by atoms with Crippen LogP contribution in [0.5, 0.6) is 0 Å². The highest BCUT2D eigenvalue weighted by Gasteiger charge is 2.25. The predicted octanol–water partition coefficient (Wildman–Crippen LogP) is 2.51. The molecule has 3 aromatic rings. The topological polar surface area (TPSA) is 77.2 Å². The van der Waals surface area contributed by atoms with Gasteiger partial charge in [-0.3, -0.25) is 18.7 Å². The Hall–Kier alpha value is -2.87. The molecule has 1 aromatic carbocycles. The van der Waals surface area contributed by atoms with Crippen LogP contribution in [0.4, 0.5) is 5.69 Å². The lowest BCUT2D eigenvalue weighted by Crippen LogP contribution is -2.37. The fourth-order valence-corrected chi connectivity index (χ4v) is 5.17. The molecule has 4 rings (SSSR count). The Kier molecular flexibility index (Phi) is 5.75. The number of anilines is 1. The van der Waals surface area contributed by atoms with Crippen molar-refractivity contribution < 1.29 is 4.79 Å². The quantitative estimate of drug-likeness (QED) is 0.572. The van der Waals surface area contributed by atoms with Crippen molar-refractivity contribution in [1.82, 2.24) is 14.1 Å². The number of thioether (sulfide) groups is 1. The maximum Gasteiger partial charge on any atom is 0.332 e. The number of fused-ring (bicyclic) bond motifs is 2. The standard InChI is InChI=1S/C23H26N4O3S/c1-14(2)11-16-12-24-21-19(22(29)26(4)23(30)25(21)3)20(16)31-13-18(28)27-10-9-15-7-5-6-8-17(15)27/h5-8,12,14H,9-11,13H2,1-4H3. The third kappa shape index (κ3) is 3.80. The number of amides is 1. The van der Waals surface area contributed by atoms with E-state index in [-0.39, 0.29) is 17.2 Å². The van der Waals surface area contributed by atoms with Gasteiger partial charge in [0.15, 0.2) is 0 Å². The number of hydrogen-bond donors (Lipinski definition) is 0. The Balaban J connectivity index is 1.74. The molecule has 1 amide bonds. The van der Waals surface area contributed by atoms with E-state index in [1.807, 2.05) is 23.1 Å². The molecule has 0 radical (unpaired) electrons. The number of hydrogen-bond acceptors (Lipinski definition) is 5. The van der Waals surface area contributed by atoms with Crippen LogP contribution in [0.3, 0.4) is 0 Å². The van der Waals surface area contributed by atoms with Crippen LogP contribution in [0, 0.1) is 5.92 Å². The molecule has 0 fully saturated rings. The number of benzene rings is 1. The Morgan fingerprint density at radius 3 is 2.65 bits per heavy atom. The molecule has 0 atom stereocenters. The van der Waals surface area contributed by atoms with E-state index >= 15 is 0 Å². The fraction of sp³-hybridized carbons (Fsp3) is 0.391. The van der Waals surface area contributed by atoms with Gasteiger partial charge in [-0.25, -0.2) is 9.78 Å². The highest BCUT2D eigenvalue weighted by atomic mass is 32.2. The van der Waals surface area contributed by atoms with E-state index in [4.69, 9.17) is 0 Å². The van der Waals surface area contributed by atoms with Crippen LogP contribution in [-0.2, 0) is 31.7 Å². The first kappa shape index (κ1) is 21.4. The Morgan fingerprint density at radius 1 is 1.16 bits per heavy atom. The molecule has 2 aromatic heterocycles. The molecule has 31 heavy (non-hydrogen) atoms. The lowest BCUT2D eigenvalue weighted by molar-refractivity contribution is -0.116. The largest absolute Gasteiger partial charge is 0.332 e. The van der Waals surface area contributed by atoms with Crippen LogP contribution in [0.25, 0.3) is 11.0 Å². The molecule has 0 saturated heterocycles. The SMILES string of the molecule is CC(C)Cc1cnc2c(c1SCC(=O)N1CCc3ccccc31)c(=O)n(C)c(=O)n2C. The number of carbonyl (C=O) groups is 1. The molecular weight excluding hydrogens is 412 g/mol. The van der Waals surface area contributed by atoms with Crippen LogP contribution in [-0.4, -0.2) is 32.3 Å². The van der Waals surface area contributed by atoms with Gasteiger partial charge in [0.2, 0.25) is 5.91 Å². The molecule has 1 aliphatic heterocycles. The zero-order chi connectivity index (χ0) is 22.3. The summed E-state index contributed by atoms with van der Waals surface area (Å²) in [6.07, 6.45) is 3.32. The molecule has 8 heteroatoms. The Morgan fingerprint density at radius 2 is 1.90 bits per heavy atom. The van der Waals surface area contributed by atoms with Gasteiger partial charge in [-0.2, -0.15) is 0 Å². The summed E-state index contributed by atoms with van der Waals surface area (Å²) in [5.41, 5.74) is 2.63. The van der Waals surface area contributed by atoms with Gasteiger partial charge in [0.05, 0.1) is 11.1 Å². The summed E-state index contributed by atoms with van der Waals surface area (Å²) in [7, 11) is 3.08. The molecular formula is C23H26N4O3S. The van der Waals surface area contributed by atoms with Crippen molar-refractivity contribution in [3.05, 3.63) is 62.4 Å². The number of rotatable bonds is 5. The summed E-state index contributed by atoms with van der Waals surface area (Å²) in [6.45, 7) is 4.87. The van der Waals surface area contributed by atoms with Gasteiger partial charge in [-0.15, -0.1) is 11.8 Å². The van der Waals surface area contributed by atoms with Crippen molar-refractivity contribution in [1.29, 1.82) is 0 Å². The Labute approximate surface area is 184 Å². The van der Waals surface area contributed by atoms with Crippen LogP contribution in [0.2, 0.25) is 0 Å². The zero-order valence-electron chi connectivity index (χ0n) is 18.2. The van der Waals surface area contributed by atoms with Crippen LogP contribution < -0.4 is 16.1 Å². The third-order valence-corrected chi connectivity index (χ3v) is 6.80. The third-order valence-electron chi connectivity index (χ3n) is 5.65. The van der Waals surface area contributed by atoms with Gasteiger partial charge in [0.25, 0.3) is 5.56 Å². The molecule has 0 aliphatic carbocycles. The summed E-state index contributed by atoms with van der Waals surface area (Å²) in [6, 6.07) is 7.96. The predicted molar refractivity (Wildman–Crippen MR) is 124 cm³/mol. The number of aromatic nitrogens is 3. The highest BCUT2D eigenvalue weighted by Crippen LogP contribution is 2.32. The second-order valence-corrected chi connectivity index (χ2v) is 9.31. The van der Waals surface area contributed by atoms with E-state index in [0.717, 1.165) is 33.6 Å². The van der Waals surface area contributed by atoms with E-state index in [1.165, 1.54) is 28.9 Å². The van der Waals surface area contributed by atoms with Gasteiger partial charge < -0.3 is 4.90 Å². The van der Waals surface area contributed by atoms with Gasteiger partial charge in [0.1, 0.15) is 5.65 Å². The van der Waals surface area contributed by atoms with Crippen molar-refractivity contribution in [2.24, 2.45) is 20.0 Å². The average Bonchev–Trinajstić information content (AvgIpc) is 3.18. The van der Waals surface area contributed by atoms with Crippen molar-refractivity contribution in [2.75, 3.05) is 17.2 Å². The van der Waals surface area contributed by atoms with Crippen LogP contribution in [0.15, 0.2) is 44.9 Å². The fourth-order valence-electron chi connectivity index (χ4n) is 4.10. The molecule has 162 valence electrons. The minimum Gasteiger partial charge on any atom is -0.311 e. The van der Waals surface area contributed by atoms with Gasteiger partial charge in [0, 0.05) is 37.4 Å². The van der Waals surface area contributed by atoms with E-state index in [2.05, 4.69) is 24.9 Å². The number of nitrogens with zero attached hydrogens (tertiary/aromatic N) is 4. The molecule has 3 heterocycles. The minimum absolute atomic E-state index is 0.0112. The molecule has 0 bridgehead atoms. The second-order valence-electron chi connectivity index (χ2n) is 8.33. The van der Waals surface area contributed by atoms with E-state index < -0.39 is 5.69 Å². The van der Waals surface area contributed by atoms with E-state index in [9.17, 15) is 14.4 Å². The Bertz CT molecular complexity index is 1290. The molecule has 7 nitrogen and oxygen atoms in total. The normalized spacial score (nSPS) is 13.3. The minimum atomic E-state index is -0.415. The van der Waals surface area contributed by atoms with Crippen LogP contribution in [0.1, 0.15) is 25.0 Å². The van der Waals surface area contributed by atoms with E-state index in [1.54, 1.807) is 13.2 Å². The molecule has 1 aliphatic rings. The van der Waals surface area contributed by atoms with Crippen molar-refractivity contribution in [3.8, 4) is 0 Å². The van der Waals surface area contributed by atoms with Crippen molar-refractivity contribution in [3.63, 3.8) is 0 Å². The molecule has 0 saturated carbocycles. The zero-order valence-corrected chi connectivity index (χ0v) is 19.0. The smallest absolute Gasteiger partial charge is 0.311 e. The number of carbonyl (C=O) groups excluding carboxylic acids is 1. The lowest BCUT2D eigenvalue weighted by atomic mass is 10.0. The number of para-hydroxylation sites is 1. The van der Waals surface area contributed by atoms with Crippen LogP contribution >= 0.6 is 11.8 Å². The first-order chi connectivity index (χ1) is 14.8. The second kappa shape index (κ2) is 8.34. The first-order valence-electron chi connectivity index (χ1n) is 10.4. The van der Waals surface area contributed by atoms with Crippen molar-refractivity contribution >= 4 is 34.4 Å². The van der Waals surface area contributed by atoms with Gasteiger partial charge >= 0.3 is 5.69 Å². The van der Waals surface area contributed by atoms with Gasteiger partial charge in [-0.1, -0.05) is 32.0 Å². The maximum atomic E-state index is 13.1. The average molecular weight is 439 g/mol.